The molecular weight excluding hydrogens is 456 g/mol. The molecule has 2 aromatic carbocycles. The van der Waals surface area contributed by atoms with Gasteiger partial charge in [-0.15, -0.1) is 0 Å². The van der Waals surface area contributed by atoms with Gasteiger partial charge in [0.05, 0.1) is 11.3 Å². The molecule has 0 bridgehead atoms. The number of ketones is 1. The average Bonchev–Trinajstić information content (AvgIpc) is 3.24. The van der Waals surface area contributed by atoms with E-state index in [9.17, 15) is 9.59 Å². The van der Waals surface area contributed by atoms with Crippen molar-refractivity contribution in [2.75, 3.05) is 0 Å². The summed E-state index contributed by atoms with van der Waals surface area (Å²) >= 11 is 0. The molecule has 0 spiro atoms. The summed E-state index contributed by atoms with van der Waals surface area (Å²) < 4.78 is 0. The number of carbonyl (C=O) groups excluding carboxylic acids is 2. The van der Waals surface area contributed by atoms with Crippen LogP contribution in [0.2, 0.25) is 0 Å². The summed E-state index contributed by atoms with van der Waals surface area (Å²) in [6.07, 6.45) is 18.3. The molecule has 4 heteroatoms. The maximum Gasteiger partial charge on any atom is 0.263 e. The lowest BCUT2D eigenvalue weighted by atomic mass is 9.90. The van der Waals surface area contributed by atoms with Gasteiger partial charge >= 0.3 is 0 Å². The van der Waals surface area contributed by atoms with Crippen molar-refractivity contribution < 1.29 is 9.59 Å². The molecule has 1 aliphatic carbocycles. The molecule has 4 nitrogen and oxygen atoms in total. The Morgan fingerprint density at radius 2 is 1.30 bits per heavy atom. The quantitative estimate of drug-likeness (QED) is 0.441. The minimum atomic E-state index is -0.0694. The van der Waals surface area contributed by atoms with Crippen molar-refractivity contribution in [1.82, 2.24) is 9.88 Å². The summed E-state index contributed by atoms with van der Waals surface area (Å²) in [5, 5.41) is 0. The van der Waals surface area contributed by atoms with Gasteiger partial charge in [0.25, 0.3) is 5.91 Å². The molecule has 0 radical (unpaired) electrons. The van der Waals surface area contributed by atoms with Gasteiger partial charge in [0, 0.05) is 24.2 Å². The van der Waals surface area contributed by atoms with Crippen LogP contribution in [0.1, 0.15) is 16.7 Å². The minimum Gasteiger partial charge on any atom is -0.290 e. The minimum absolute atomic E-state index is 0.0421. The number of rotatable bonds is 4. The van der Waals surface area contributed by atoms with Crippen LogP contribution in [0.5, 0.6) is 0 Å². The lowest BCUT2D eigenvalue weighted by Gasteiger charge is -2.24. The van der Waals surface area contributed by atoms with Crippen molar-refractivity contribution >= 4 is 28.9 Å². The average molecular weight is 479 g/mol. The highest BCUT2D eigenvalue weighted by Gasteiger charge is 2.37. The Morgan fingerprint density at radius 3 is 1.95 bits per heavy atom. The van der Waals surface area contributed by atoms with Gasteiger partial charge in [-0.1, -0.05) is 85.0 Å². The van der Waals surface area contributed by atoms with Gasteiger partial charge < -0.3 is 0 Å². The Bertz CT molecular complexity index is 1600. The van der Waals surface area contributed by atoms with Crippen LogP contribution in [-0.2, 0) is 9.59 Å². The van der Waals surface area contributed by atoms with E-state index in [1.807, 2.05) is 103 Å². The first-order chi connectivity index (χ1) is 18.2. The Hall–Kier alpha value is -5.09. The van der Waals surface area contributed by atoms with Crippen LogP contribution in [0.15, 0.2) is 150 Å². The van der Waals surface area contributed by atoms with Crippen molar-refractivity contribution in [2.45, 2.75) is 0 Å². The van der Waals surface area contributed by atoms with Crippen molar-refractivity contribution in [2.24, 2.45) is 0 Å². The number of amides is 1. The molecule has 3 heterocycles. The van der Waals surface area contributed by atoms with E-state index in [1.165, 1.54) is 0 Å². The second-order valence-corrected chi connectivity index (χ2v) is 8.82. The number of hydrogen-bond acceptors (Lipinski definition) is 3. The number of pyridine rings is 1. The van der Waals surface area contributed by atoms with E-state index in [1.54, 1.807) is 29.4 Å². The van der Waals surface area contributed by atoms with Gasteiger partial charge in [-0.2, -0.15) is 0 Å². The van der Waals surface area contributed by atoms with Gasteiger partial charge in [-0.05, 0) is 63.8 Å². The zero-order chi connectivity index (χ0) is 25.2. The number of allylic oxidation sites excluding steroid dienone is 10. The fourth-order valence-electron chi connectivity index (χ4n) is 4.73. The Balaban J connectivity index is 1.56. The predicted octanol–water partition coefficient (Wildman–Crippen LogP) is 6.32. The molecule has 1 amide bonds. The summed E-state index contributed by atoms with van der Waals surface area (Å²) in [6.45, 7) is 0. The number of carbonyl (C=O) groups is 2. The first-order valence-corrected chi connectivity index (χ1v) is 12.0. The lowest BCUT2D eigenvalue weighted by Crippen LogP contribution is -2.23. The van der Waals surface area contributed by atoms with Crippen molar-refractivity contribution in [3.8, 4) is 0 Å². The summed E-state index contributed by atoms with van der Waals surface area (Å²) in [5.74, 6) is -0.111. The molecule has 0 fully saturated rings. The third kappa shape index (κ3) is 4.26. The van der Waals surface area contributed by atoms with Crippen LogP contribution in [0.3, 0.4) is 0 Å². The maximum atomic E-state index is 13.9. The molecule has 3 aromatic rings. The number of benzene rings is 2. The highest BCUT2D eigenvalue weighted by molar-refractivity contribution is 6.34. The standard InChI is InChI=1S/C33H22N2O2/c36-28-15-13-24(14-16-28)29-21-30-31(25-7-3-1-4-8-25)32(26-9-5-2-6-10-26)33(37)35(30)22-27(29)12-11-23-17-19-34-20-18-23/h1-22H. The Kier molecular flexibility index (Phi) is 5.75. The van der Waals surface area contributed by atoms with E-state index in [2.05, 4.69) is 11.1 Å². The second kappa shape index (κ2) is 9.51. The number of aromatic nitrogens is 1. The fourth-order valence-corrected chi connectivity index (χ4v) is 4.73. The third-order valence-corrected chi connectivity index (χ3v) is 6.51. The molecule has 0 unspecified atom stereocenters. The van der Waals surface area contributed by atoms with E-state index in [-0.39, 0.29) is 11.7 Å². The summed E-state index contributed by atoms with van der Waals surface area (Å²) in [5.41, 5.74) is 7.94. The molecule has 1 aromatic heterocycles. The molecule has 6 rings (SSSR count). The topological polar surface area (TPSA) is 50.3 Å². The van der Waals surface area contributed by atoms with Gasteiger partial charge in [0.1, 0.15) is 0 Å². The van der Waals surface area contributed by atoms with Crippen LogP contribution in [0.25, 0.3) is 17.2 Å². The second-order valence-electron chi connectivity index (χ2n) is 8.82. The number of fused-ring (bicyclic) bond motifs is 1. The van der Waals surface area contributed by atoms with Crippen LogP contribution >= 0.6 is 0 Å². The van der Waals surface area contributed by atoms with Gasteiger partial charge in [0.2, 0.25) is 0 Å². The van der Waals surface area contributed by atoms with Crippen LogP contribution in [0.4, 0.5) is 0 Å². The maximum absolute atomic E-state index is 13.9. The summed E-state index contributed by atoms with van der Waals surface area (Å²) in [6, 6.07) is 23.7. The molecule has 2 aliphatic heterocycles. The van der Waals surface area contributed by atoms with Gasteiger partial charge in [-0.3, -0.25) is 19.5 Å². The zero-order valence-corrected chi connectivity index (χ0v) is 19.9. The molecule has 0 saturated carbocycles. The lowest BCUT2D eigenvalue weighted by molar-refractivity contribution is -0.120. The Morgan fingerprint density at radius 1 is 0.676 bits per heavy atom. The first-order valence-electron chi connectivity index (χ1n) is 12.0. The third-order valence-electron chi connectivity index (χ3n) is 6.51. The highest BCUT2D eigenvalue weighted by atomic mass is 16.2. The molecule has 37 heavy (non-hydrogen) atoms. The van der Waals surface area contributed by atoms with E-state index in [0.29, 0.717) is 5.57 Å². The SMILES string of the molecule is O=C1C=CC(=C2C=C3C(c4ccccc4)=C(c4ccccc4)C(=O)N3C=C2C=Cc2ccncc2)C=C1. The molecular formula is C33H22N2O2. The number of hydrogen-bond donors (Lipinski definition) is 0. The smallest absolute Gasteiger partial charge is 0.263 e. The van der Waals surface area contributed by atoms with E-state index < -0.39 is 0 Å². The van der Waals surface area contributed by atoms with Gasteiger partial charge in [-0.25, -0.2) is 0 Å². The van der Waals surface area contributed by atoms with Crippen molar-refractivity contribution in [3.05, 3.63) is 167 Å². The molecule has 3 aliphatic rings. The largest absolute Gasteiger partial charge is 0.290 e. The van der Waals surface area contributed by atoms with Crippen molar-refractivity contribution in [1.29, 1.82) is 0 Å². The molecule has 176 valence electrons. The normalized spacial score (nSPS) is 17.0. The molecule has 0 atom stereocenters. The summed E-state index contributed by atoms with van der Waals surface area (Å²) in [4.78, 5) is 31.6. The van der Waals surface area contributed by atoms with E-state index in [4.69, 9.17) is 0 Å². The zero-order valence-electron chi connectivity index (χ0n) is 19.9. The van der Waals surface area contributed by atoms with Crippen molar-refractivity contribution in [3.63, 3.8) is 0 Å². The van der Waals surface area contributed by atoms with Crippen LogP contribution in [-0.4, -0.2) is 21.6 Å². The van der Waals surface area contributed by atoms with Gasteiger partial charge in [0.15, 0.2) is 5.78 Å². The first kappa shape index (κ1) is 22.4. The van der Waals surface area contributed by atoms with Crippen LogP contribution in [0, 0.1) is 0 Å². The fraction of sp³-hybridized carbons (Fsp3) is 0. The summed E-state index contributed by atoms with van der Waals surface area (Å²) in [7, 11) is 0. The number of nitrogens with zero attached hydrogens (tertiary/aromatic N) is 2. The predicted molar refractivity (Wildman–Crippen MR) is 146 cm³/mol. The van der Waals surface area contributed by atoms with Crippen LogP contribution < -0.4 is 0 Å². The highest BCUT2D eigenvalue weighted by Crippen LogP contribution is 2.45. The Labute approximate surface area is 215 Å². The molecule has 0 saturated heterocycles. The monoisotopic (exact) mass is 478 g/mol. The molecule has 0 N–H and O–H groups in total. The van der Waals surface area contributed by atoms with E-state index >= 15 is 0 Å². The van der Waals surface area contributed by atoms with E-state index in [0.717, 1.165) is 44.7 Å².